The lowest BCUT2D eigenvalue weighted by molar-refractivity contribution is -0.0904. The van der Waals surface area contributed by atoms with Crippen molar-refractivity contribution in [2.24, 2.45) is 5.92 Å². The van der Waals surface area contributed by atoms with Gasteiger partial charge in [0.25, 0.3) is 0 Å². The first-order chi connectivity index (χ1) is 14.3. The minimum atomic E-state index is -0.532. The molecule has 7 heteroatoms. The molecule has 170 valence electrons. The summed E-state index contributed by atoms with van der Waals surface area (Å²) in [6.45, 7) is 6.96. The maximum Gasteiger partial charge on any atom is 0.407 e. The van der Waals surface area contributed by atoms with Crippen LogP contribution < -0.4 is 5.32 Å². The van der Waals surface area contributed by atoms with Gasteiger partial charge in [-0.3, -0.25) is 0 Å². The number of ether oxygens (including phenoxy) is 4. The number of carbonyl (C=O) groups is 1. The van der Waals surface area contributed by atoms with Crippen molar-refractivity contribution in [1.29, 1.82) is 0 Å². The number of amides is 1. The highest BCUT2D eigenvalue weighted by atomic mass is 16.6. The molecule has 7 nitrogen and oxygen atoms in total. The minimum Gasteiger partial charge on any atom is -0.446 e. The van der Waals surface area contributed by atoms with Crippen LogP contribution in [0.3, 0.4) is 0 Å². The second-order valence-electron chi connectivity index (χ2n) is 10.2. The van der Waals surface area contributed by atoms with E-state index < -0.39 is 11.6 Å². The number of aliphatic hydroxyl groups excluding tert-OH is 1. The summed E-state index contributed by atoms with van der Waals surface area (Å²) in [5.74, 6) is 0.118. The summed E-state index contributed by atoms with van der Waals surface area (Å²) in [6, 6.07) is 0. The van der Waals surface area contributed by atoms with Crippen molar-refractivity contribution in [3.05, 3.63) is 11.6 Å². The standard InChI is InChI=1S/C23H37NO6/c1-15(2)7-8-18-21(3,30-18)19-17(27-4)11-16(12-23(19)14-28-23)29-20(26)24-22(13-25)9-5-6-10-22/h7,16-19,25H,5-6,8-14H2,1-4H3,(H,24,26)/t16?,17?,18-,19?,21+,23+/m1/s1. The molecular formula is C23H37NO6. The third kappa shape index (κ3) is 4.14. The Bertz CT molecular complexity index is 679. The highest BCUT2D eigenvalue weighted by Gasteiger charge is 2.71. The number of methoxy groups -OCH3 is 1. The number of hydrogen-bond donors (Lipinski definition) is 2. The van der Waals surface area contributed by atoms with Gasteiger partial charge in [0, 0.05) is 25.9 Å². The molecule has 3 unspecified atom stereocenters. The van der Waals surface area contributed by atoms with E-state index in [1.165, 1.54) is 5.57 Å². The van der Waals surface area contributed by atoms with Crippen LogP contribution >= 0.6 is 0 Å². The molecule has 30 heavy (non-hydrogen) atoms. The number of alkyl carbamates (subject to hydrolysis) is 1. The number of hydrogen-bond acceptors (Lipinski definition) is 6. The number of aliphatic hydroxyl groups is 1. The molecule has 0 radical (unpaired) electrons. The van der Waals surface area contributed by atoms with Gasteiger partial charge in [-0.05, 0) is 40.0 Å². The van der Waals surface area contributed by atoms with Crippen LogP contribution in [0.4, 0.5) is 4.79 Å². The lowest BCUT2D eigenvalue weighted by Gasteiger charge is -2.42. The molecule has 1 spiro atoms. The van der Waals surface area contributed by atoms with Crippen molar-refractivity contribution in [1.82, 2.24) is 5.32 Å². The van der Waals surface area contributed by atoms with Gasteiger partial charge in [-0.25, -0.2) is 4.79 Å². The average Bonchev–Trinajstić information content (AvgIpc) is 3.54. The summed E-state index contributed by atoms with van der Waals surface area (Å²) < 4.78 is 23.8. The summed E-state index contributed by atoms with van der Waals surface area (Å²) in [5, 5.41) is 12.7. The Balaban J connectivity index is 1.40. The van der Waals surface area contributed by atoms with E-state index in [9.17, 15) is 9.90 Å². The number of carbonyl (C=O) groups excluding carboxylic acids is 1. The molecule has 0 aromatic rings. The Morgan fingerprint density at radius 2 is 2.00 bits per heavy atom. The van der Waals surface area contributed by atoms with Crippen molar-refractivity contribution < 1.29 is 28.8 Å². The monoisotopic (exact) mass is 423 g/mol. The van der Waals surface area contributed by atoms with Crippen molar-refractivity contribution in [2.45, 2.75) is 101 Å². The van der Waals surface area contributed by atoms with Crippen molar-refractivity contribution in [3.63, 3.8) is 0 Å². The van der Waals surface area contributed by atoms with E-state index in [2.05, 4.69) is 32.2 Å². The zero-order valence-corrected chi connectivity index (χ0v) is 18.7. The average molecular weight is 424 g/mol. The molecule has 4 fully saturated rings. The van der Waals surface area contributed by atoms with Crippen LogP contribution in [0.2, 0.25) is 0 Å². The number of rotatable bonds is 7. The second kappa shape index (κ2) is 8.08. The lowest BCUT2D eigenvalue weighted by Crippen LogP contribution is -2.55. The molecule has 0 aromatic carbocycles. The van der Waals surface area contributed by atoms with Crippen molar-refractivity contribution in [2.75, 3.05) is 20.3 Å². The van der Waals surface area contributed by atoms with Gasteiger partial charge in [-0.1, -0.05) is 24.5 Å². The zero-order valence-electron chi connectivity index (χ0n) is 18.7. The summed E-state index contributed by atoms with van der Waals surface area (Å²) in [6.07, 6.45) is 7.37. The fraction of sp³-hybridized carbons (Fsp3) is 0.870. The first-order valence-corrected chi connectivity index (χ1v) is 11.3. The highest BCUT2D eigenvalue weighted by molar-refractivity contribution is 5.68. The van der Waals surface area contributed by atoms with Crippen LogP contribution in [0.25, 0.3) is 0 Å². The van der Waals surface area contributed by atoms with E-state index in [0.29, 0.717) is 19.4 Å². The van der Waals surface area contributed by atoms with E-state index in [4.69, 9.17) is 18.9 Å². The quantitative estimate of drug-likeness (QED) is 0.483. The van der Waals surface area contributed by atoms with Crippen molar-refractivity contribution in [3.8, 4) is 0 Å². The third-order valence-corrected chi connectivity index (χ3v) is 7.67. The molecular weight excluding hydrogens is 386 g/mol. The second-order valence-corrected chi connectivity index (χ2v) is 10.2. The summed E-state index contributed by atoms with van der Waals surface area (Å²) in [7, 11) is 1.71. The van der Waals surface area contributed by atoms with Gasteiger partial charge in [0.1, 0.15) is 17.3 Å². The fourth-order valence-corrected chi connectivity index (χ4v) is 5.88. The molecule has 2 N–H and O–H groups in total. The van der Waals surface area contributed by atoms with Gasteiger partial charge in [0.05, 0.1) is 31.0 Å². The Hall–Kier alpha value is -1.15. The van der Waals surface area contributed by atoms with Crippen LogP contribution in [0, 0.1) is 5.92 Å². The molecule has 0 aromatic heterocycles. The van der Waals surface area contributed by atoms with Gasteiger partial charge in [0.15, 0.2) is 0 Å². The smallest absolute Gasteiger partial charge is 0.407 e. The summed E-state index contributed by atoms with van der Waals surface area (Å²) >= 11 is 0. The first-order valence-electron chi connectivity index (χ1n) is 11.3. The Morgan fingerprint density at radius 1 is 1.30 bits per heavy atom. The van der Waals surface area contributed by atoms with E-state index in [-0.39, 0.29) is 42.0 Å². The minimum absolute atomic E-state index is 0.0502. The normalized spacial score (nSPS) is 41.4. The Kier molecular flexibility index (Phi) is 5.94. The Labute approximate surface area is 179 Å². The van der Waals surface area contributed by atoms with Gasteiger partial charge in [-0.2, -0.15) is 0 Å². The number of nitrogens with one attached hydrogen (secondary N) is 1. The number of epoxide rings is 2. The molecule has 2 heterocycles. The zero-order chi connectivity index (χ0) is 21.6. The Morgan fingerprint density at radius 3 is 2.57 bits per heavy atom. The van der Waals surface area contributed by atoms with Gasteiger partial charge in [0.2, 0.25) is 0 Å². The van der Waals surface area contributed by atoms with Crippen LogP contribution in [0.5, 0.6) is 0 Å². The van der Waals surface area contributed by atoms with E-state index in [1.54, 1.807) is 7.11 Å². The van der Waals surface area contributed by atoms with Gasteiger partial charge in [-0.15, -0.1) is 0 Å². The van der Waals surface area contributed by atoms with Crippen LogP contribution in [0.1, 0.15) is 65.7 Å². The maximum absolute atomic E-state index is 12.6. The topological polar surface area (TPSA) is 92.9 Å². The molecule has 0 bridgehead atoms. The van der Waals surface area contributed by atoms with Crippen LogP contribution in [-0.4, -0.2) is 66.6 Å². The van der Waals surface area contributed by atoms with Crippen LogP contribution in [0.15, 0.2) is 11.6 Å². The molecule has 2 saturated carbocycles. The predicted molar refractivity (Wildman–Crippen MR) is 111 cm³/mol. The summed E-state index contributed by atoms with van der Waals surface area (Å²) in [5.41, 5.74) is 0.136. The molecule has 4 rings (SSSR count). The molecule has 1 amide bonds. The molecule has 2 aliphatic carbocycles. The lowest BCUT2D eigenvalue weighted by atomic mass is 9.68. The van der Waals surface area contributed by atoms with Crippen LogP contribution in [-0.2, 0) is 18.9 Å². The summed E-state index contributed by atoms with van der Waals surface area (Å²) in [4.78, 5) is 12.6. The fourth-order valence-electron chi connectivity index (χ4n) is 5.88. The molecule has 4 aliphatic rings. The van der Waals surface area contributed by atoms with E-state index in [0.717, 1.165) is 32.1 Å². The van der Waals surface area contributed by atoms with Crippen molar-refractivity contribution >= 4 is 6.09 Å². The largest absolute Gasteiger partial charge is 0.446 e. The maximum atomic E-state index is 12.6. The predicted octanol–water partition coefficient (Wildman–Crippen LogP) is 3.09. The number of allylic oxidation sites excluding steroid dienone is 1. The first kappa shape index (κ1) is 22.1. The molecule has 2 aliphatic heterocycles. The van der Waals surface area contributed by atoms with E-state index in [1.807, 2.05) is 0 Å². The van der Waals surface area contributed by atoms with Gasteiger partial charge < -0.3 is 29.4 Å². The SMILES string of the molecule is COC1CC(OC(=O)NC2(CO)CCCC2)C[C@]2(CO2)C1[C@@]1(C)O[C@@H]1CC=C(C)C. The molecule has 2 saturated heterocycles. The highest BCUT2D eigenvalue weighted by Crippen LogP contribution is 2.59. The van der Waals surface area contributed by atoms with E-state index >= 15 is 0 Å². The van der Waals surface area contributed by atoms with Gasteiger partial charge >= 0.3 is 6.09 Å². The third-order valence-electron chi connectivity index (χ3n) is 7.67. The molecule has 6 atom stereocenters.